The van der Waals surface area contributed by atoms with Gasteiger partial charge >= 0.3 is 6.18 Å². The van der Waals surface area contributed by atoms with Crippen LogP contribution >= 0.6 is 0 Å². The molecule has 0 bridgehead atoms. The van der Waals surface area contributed by atoms with E-state index < -0.39 is 12.2 Å². The lowest BCUT2D eigenvalue weighted by atomic mass is 9.97. The van der Waals surface area contributed by atoms with Gasteiger partial charge in [0.25, 0.3) is 0 Å². The summed E-state index contributed by atoms with van der Waals surface area (Å²) in [4.78, 5) is 1.44. The molecule has 0 spiro atoms. The van der Waals surface area contributed by atoms with E-state index >= 15 is 0 Å². The summed E-state index contributed by atoms with van der Waals surface area (Å²) in [7, 11) is 1.57. The standard InChI is InChI=1S/C10H19F3N2O/c1-16-7-8-3-2-4-15(6-8)9(5-14)10(11,12)13/h8-9H,2-7,14H2,1H3. The average Bonchev–Trinajstić information content (AvgIpc) is 2.17. The van der Waals surface area contributed by atoms with Gasteiger partial charge in [0.15, 0.2) is 0 Å². The molecule has 0 amide bonds. The van der Waals surface area contributed by atoms with Crippen molar-refractivity contribution >= 4 is 0 Å². The number of ether oxygens (including phenoxy) is 1. The monoisotopic (exact) mass is 240 g/mol. The van der Waals surface area contributed by atoms with Crippen LogP contribution in [0.15, 0.2) is 0 Å². The maximum Gasteiger partial charge on any atom is 0.405 e. The van der Waals surface area contributed by atoms with Crippen molar-refractivity contribution < 1.29 is 17.9 Å². The van der Waals surface area contributed by atoms with Gasteiger partial charge < -0.3 is 10.5 Å². The highest BCUT2D eigenvalue weighted by molar-refractivity contribution is 4.84. The number of likely N-dealkylation sites (tertiary alicyclic amines) is 1. The van der Waals surface area contributed by atoms with Crippen LogP contribution in [0.3, 0.4) is 0 Å². The maximum atomic E-state index is 12.7. The lowest BCUT2D eigenvalue weighted by Gasteiger charge is -2.38. The highest BCUT2D eigenvalue weighted by Crippen LogP contribution is 2.28. The first-order valence-corrected chi connectivity index (χ1v) is 5.48. The van der Waals surface area contributed by atoms with Crippen LogP contribution in [0.1, 0.15) is 12.8 Å². The first-order valence-electron chi connectivity index (χ1n) is 5.48. The van der Waals surface area contributed by atoms with E-state index in [0.717, 1.165) is 12.8 Å². The van der Waals surface area contributed by atoms with Gasteiger partial charge in [0.05, 0.1) is 6.61 Å². The molecule has 0 aromatic carbocycles. The third-order valence-corrected chi connectivity index (χ3v) is 2.99. The average molecular weight is 240 g/mol. The summed E-state index contributed by atoms with van der Waals surface area (Å²) in [5.41, 5.74) is 5.22. The number of piperidine rings is 1. The molecule has 1 rings (SSSR count). The normalized spacial score (nSPS) is 25.7. The number of rotatable bonds is 4. The van der Waals surface area contributed by atoms with Gasteiger partial charge in [-0.2, -0.15) is 13.2 Å². The number of halogens is 3. The molecular weight excluding hydrogens is 221 g/mol. The second-order valence-corrected chi connectivity index (χ2v) is 4.25. The van der Waals surface area contributed by atoms with Gasteiger partial charge in [-0.05, 0) is 25.3 Å². The minimum Gasteiger partial charge on any atom is -0.384 e. The summed E-state index contributed by atoms with van der Waals surface area (Å²) in [6, 6.07) is -1.51. The third kappa shape index (κ3) is 3.61. The van der Waals surface area contributed by atoms with E-state index in [1.165, 1.54) is 4.90 Å². The van der Waals surface area contributed by atoms with Gasteiger partial charge in [-0.15, -0.1) is 0 Å². The third-order valence-electron chi connectivity index (χ3n) is 2.99. The predicted octanol–water partition coefficient (Wildman–Crippen LogP) is 1.23. The molecule has 0 aromatic heterocycles. The first-order chi connectivity index (χ1) is 7.49. The molecule has 1 saturated heterocycles. The van der Waals surface area contributed by atoms with Gasteiger partial charge in [-0.1, -0.05) is 0 Å². The Morgan fingerprint density at radius 2 is 2.19 bits per heavy atom. The second-order valence-electron chi connectivity index (χ2n) is 4.25. The molecule has 96 valence electrons. The summed E-state index contributed by atoms with van der Waals surface area (Å²) in [6.45, 7) is 1.05. The van der Waals surface area contributed by atoms with E-state index in [0.29, 0.717) is 19.7 Å². The minimum absolute atomic E-state index is 0.190. The molecule has 0 aromatic rings. The molecule has 2 atom stereocenters. The number of hydrogen-bond donors (Lipinski definition) is 1. The van der Waals surface area contributed by atoms with Gasteiger partial charge in [-0.25, -0.2) is 0 Å². The number of nitrogens with zero attached hydrogens (tertiary/aromatic N) is 1. The van der Waals surface area contributed by atoms with Crippen LogP contribution in [-0.2, 0) is 4.74 Å². The Morgan fingerprint density at radius 3 is 2.69 bits per heavy atom. The Balaban J connectivity index is 2.57. The second kappa shape index (κ2) is 5.84. The van der Waals surface area contributed by atoms with Gasteiger partial charge in [0, 0.05) is 20.2 Å². The number of methoxy groups -OCH3 is 1. The fourth-order valence-electron chi connectivity index (χ4n) is 2.24. The molecular formula is C10H19F3N2O. The van der Waals surface area contributed by atoms with Crippen LogP contribution in [0.25, 0.3) is 0 Å². The fourth-order valence-corrected chi connectivity index (χ4v) is 2.24. The predicted molar refractivity (Wildman–Crippen MR) is 55.1 cm³/mol. The molecule has 1 fully saturated rings. The molecule has 2 N–H and O–H groups in total. The van der Waals surface area contributed by atoms with E-state index in [2.05, 4.69) is 0 Å². The van der Waals surface area contributed by atoms with Crippen LogP contribution in [0.5, 0.6) is 0 Å². The highest BCUT2D eigenvalue weighted by Gasteiger charge is 2.43. The number of alkyl halides is 3. The van der Waals surface area contributed by atoms with Crippen molar-refractivity contribution in [2.45, 2.75) is 25.1 Å². The fraction of sp³-hybridized carbons (Fsp3) is 1.00. The van der Waals surface area contributed by atoms with Crippen molar-refractivity contribution in [2.75, 3.05) is 33.4 Å². The maximum absolute atomic E-state index is 12.7. The van der Waals surface area contributed by atoms with Crippen molar-refractivity contribution in [3.8, 4) is 0 Å². The molecule has 3 nitrogen and oxygen atoms in total. The Morgan fingerprint density at radius 1 is 1.50 bits per heavy atom. The molecule has 2 unspecified atom stereocenters. The zero-order valence-electron chi connectivity index (χ0n) is 9.46. The van der Waals surface area contributed by atoms with Crippen molar-refractivity contribution in [1.29, 1.82) is 0 Å². The lowest BCUT2D eigenvalue weighted by Crippen LogP contribution is -2.53. The van der Waals surface area contributed by atoms with E-state index in [-0.39, 0.29) is 12.5 Å². The SMILES string of the molecule is COCC1CCCN(C(CN)C(F)(F)F)C1. The van der Waals surface area contributed by atoms with Gasteiger partial charge in [0.2, 0.25) is 0 Å². The summed E-state index contributed by atoms with van der Waals surface area (Å²) in [6.07, 6.45) is -2.52. The van der Waals surface area contributed by atoms with Crippen LogP contribution in [0.2, 0.25) is 0 Å². The topological polar surface area (TPSA) is 38.5 Å². The molecule has 1 aliphatic rings. The molecule has 1 aliphatic heterocycles. The Labute approximate surface area is 93.7 Å². The Kier molecular flexibility index (Phi) is 5.01. The number of nitrogens with two attached hydrogens (primary N) is 1. The summed E-state index contributed by atoms with van der Waals surface area (Å²) in [5, 5.41) is 0. The van der Waals surface area contributed by atoms with Crippen LogP contribution in [0, 0.1) is 5.92 Å². The Bertz CT molecular complexity index is 209. The molecule has 16 heavy (non-hydrogen) atoms. The van der Waals surface area contributed by atoms with E-state index in [4.69, 9.17) is 10.5 Å². The van der Waals surface area contributed by atoms with Gasteiger partial charge in [-0.3, -0.25) is 4.90 Å². The molecule has 6 heteroatoms. The van der Waals surface area contributed by atoms with Crippen LogP contribution in [-0.4, -0.2) is 50.5 Å². The van der Waals surface area contributed by atoms with E-state index in [1.807, 2.05) is 0 Å². The van der Waals surface area contributed by atoms with Crippen molar-refractivity contribution in [3.63, 3.8) is 0 Å². The van der Waals surface area contributed by atoms with E-state index in [9.17, 15) is 13.2 Å². The summed E-state index contributed by atoms with van der Waals surface area (Å²) >= 11 is 0. The van der Waals surface area contributed by atoms with Crippen molar-refractivity contribution in [1.82, 2.24) is 4.90 Å². The van der Waals surface area contributed by atoms with Crippen molar-refractivity contribution in [3.05, 3.63) is 0 Å². The van der Waals surface area contributed by atoms with Crippen LogP contribution in [0.4, 0.5) is 13.2 Å². The highest BCUT2D eigenvalue weighted by atomic mass is 19.4. The zero-order chi connectivity index (χ0) is 12.2. The van der Waals surface area contributed by atoms with Gasteiger partial charge in [0.1, 0.15) is 6.04 Å². The lowest BCUT2D eigenvalue weighted by molar-refractivity contribution is -0.185. The summed E-state index contributed by atoms with van der Waals surface area (Å²) in [5.74, 6) is 0.190. The largest absolute Gasteiger partial charge is 0.405 e. The molecule has 0 saturated carbocycles. The first kappa shape index (κ1) is 13.7. The molecule has 0 aliphatic carbocycles. The Hall–Kier alpha value is -0.330. The quantitative estimate of drug-likeness (QED) is 0.803. The molecule has 1 heterocycles. The molecule has 0 radical (unpaired) electrons. The van der Waals surface area contributed by atoms with Crippen molar-refractivity contribution in [2.24, 2.45) is 11.7 Å². The minimum atomic E-state index is -4.23. The van der Waals surface area contributed by atoms with E-state index in [1.54, 1.807) is 7.11 Å². The summed E-state index contributed by atoms with van der Waals surface area (Å²) < 4.78 is 43.0. The zero-order valence-corrected chi connectivity index (χ0v) is 9.46. The smallest absolute Gasteiger partial charge is 0.384 e. The van der Waals surface area contributed by atoms with Crippen LogP contribution < -0.4 is 5.73 Å². The number of hydrogen-bond acceptors (Lipinski definition) is 3.